The van der Waals surface area contributed by atoms with Crippen LogP contribution in [0.4, 0.5) is 0 Å². The minimum Gasteiger partial charge on any atom is -0.494 e. The van der Waals surface area contributed by atoms with Gasteiger partial charge in [-0.1, -0.05) is 31.2 Å². The predicted molar refractivity (Wildman–Crippen MR) is 98.1 cm³/mol. The minimum absolute atomic E-state index is 0.183. The molecule has 5 heteroatoms. The van der Waals surface area contributed by atoms with E-state index in [4.69, 9.17) is 9.47 Å². The van der Waals surface area contributed by atoms with Gasteiger partial charge in [0, 0.05) is 11.3 Å². The first-order valence-corrected chi connectivity index (χ1v) is 8.69. The fourth-order valence-electron chi connectivity index (χ4n) is 3.02. The quantitative estimate of drug-likeness (QED) is 0.490. The summed E-state index contributed by atoms with van der Waals surface area (Å²) in [7, 11) is 0. The molecule has 1 unspecified atom stereocenters. The standard InChI is InChI=1S/C20H25NO4/c1-4-19(21(22)23)20(15-7-11-17(12-8-15)24-5-2)16-9-13-18(14-10-16)25-6-3/h7-14,19-20H,4-6H2,1-3H3. The Morgan fingerprint density at radius 3 is 1.52 bits per heavy atom. The Bertz CT molecular complexity index is 618. The van der Waals surface area contributed by atoms with E-state index < -0.39 is 6.04 Å². The van der Waals surface area contributed by atoms with Crippen molar-refractivity contribution in [2.24, 2.45) is 0 Å². The largest absolute Gasteiger partial charge is 0.494 e. The first-order valence-electron chi connectivity index (χ1n) is 8.69. The van der Waals surface area contributed by atoms with Crippen molar-refractivity contribution in [2.75, 3.05) is 13.2 Å². The van der Waals surface area contributed by atoms with E-state index in [2.05, 4.69) is 0 Å². The van der Waals surface area contributed by atoms with E-state index in [1.165, 1.54) is 0 Å². The van der Waals surface area contributed by atoms with Crippen molar-refractivity contribution in [1.82, 2.24) is 0 Å². The monoisotopic (exact) mass is 343 g/mol. The molecule has 0 aliphatic carbocycles. The van der Waals surface area contributed by atoms with Crippen molar-refractivity contribution >= 4 is 0 Å². The Labute approximate surface area is 148 Å². The zero-order valence-corrected chi connectivity index (χ0v) is 15.0. The molecule has 5 nitrogen and oxygen atoms in total. The first kappa shape index (κ1) is 18.8. The lowest BCUT2D eigenvalue weighted by molar-refractivity contribution is -0.525. The van der Waals surface area contributed by atoms with Gasteiger partial charge >= 0.3 is 0 Å². The SMILES string of the molecule is CCOc1ccc(C(c2ccc(OCC)cc2)C(CC)[N+](=O)[O-])cc1. The summed E-state index contributed by atoms with van der Waals surface area (Å²) in [5.74, 6) is 1.23. The molecule has 2 rings (SSSR count). The van der Waals surface area contributed by atoms with Crippen LogP contribution in [0.5, 0.6) is 11.5 Å². The number of rotatable bonds is 9. The Morgan fingerprint density at radius 1 is 0.840 bits per heavy atom. The van der Waals surface area contributed by atoms with Crippen molar-refractivity contribution in [2.45, 2.75) is 39.2 Å². The van der Waals surface area contributed by atoms with E-state index >= 15 is 0 Å². The maximum atomic E-state index is 11.6. The second-order valence-corrected chi connectivity index (χ2v) is 5.74. The van der Waals surface area contributed by atoms with Crippen LogP contribution in [0.25, 0.3) is 0 Å². The Kier molecular flexibility index (Phi) is 6.81. The molecule has 0 spiro atoms. The van der Waals surface area contributed by atoms with Crippen molar-refractivity contribution < 1.29 is 14.4 Å². The van der Waals surface area contributed by atoms with Gasteiger partial charge in [-0.15, -0.1) is 0 Å². The molecule has 2 aromatic rings. The zero-order valence-electron chi connectivity index (χ0n) is 15.0. The van der Waals surface area contributed by atoms with Gasteiger partial charge in [-0.25, -0.2) is 0 Å². The summed E-state index contributed by atoms with van der Waals surface area (Å²) in [5.41, 5.74) is 1.83. The number of nitrogens with zero attached hydrogens (tertiary/aromatic N) is 1. The fraction of sp³-hybridized carbons (Fsp3) is 0.400. The molecule has 0 saturated carbocycles. The number of hydrogen-bond acceptors (Lipinski definition) is 4. The molecule has 0 heterocycles. The number of benzene rings is 2. The van der Waals surface area contributed by atoms with Gasteiger partial charge in [-0.3, -0.25) is 10.1 Å². The van der Waals surface area contributed by atoms with E-state index in [0.29, 0.717) is 19.6 Å². The lowest BCUT2D eigenvalue weighted by atomic mass is 9.84. The average Bonchev–Trinajstić information content (AvgIpc) is 2.61. The topological polar surface area (TPSA) is 61.6 Å². The van der Waals surface area contributed by atoms with Gasteiger partial charge in [-0.05, 0) is 49.2 Å². The van der Waals surface area contributed by atoms with Gasteiger partial charge in [0.05, 0.1) is 19.1 Å². The Morgan fingerprint density at radius 2 is 1.24 bits per heavy atom. The highest BCUT2D eigenvalue weighted by Gasteiger charge is 2.32. The summed E-state index contributed by atoms with van der Waals surface area (Å²) in [4.78, 5) is 11.4. The molecule has 0 aliphatic heterocycles. The second-order valence-electron chi connectivity index (χ2n) is 5.74. The maximum Gasteiger partial charge on any atom is 0.223 e. The van der Waals surface area contributed by atoms with E-state index in [1.807, 2.05) is 69.3 Å². The van der Waals surface area contributed by atoms with E-state index in [9.17, 15) is 10.1 Å². The van der Waals surface area contributed by atoms with E-state index in [-0.39, 0.29) is 10.8 Å². The third-order valence-electron chi connectivity index (χ3n) is 4.17. The van der Waals surface area contributed by atoms with Crippen LogP contribution in [-0.2, 0) is 0 Å². The number of ether oxygens (including phenoxy) is 2. The maximum absolute atomic E-state index is 11.6. The van der Waals surface area contributed by atoms with Crippen LogP contribution in [0.2, 0.25) is 0 Å². The van der Waals surface area contributed by atoms with Crippen molar-refractivity contribution in [3.8, 4) is 11.5 Å². The molecular formula is C20H25NO4. The molecule has 2 aromatic carbocycles. The van der Waals surface area contributed by atoms with Crippen LogP contribution in [-0.4, -0.2) is 24.2 Å². The highest BCUT2D eigenvalue weighted by atomic mass is 16.6. The van der Waals surface area contributed by atoms with Crippen LogP contribution in [0.3, 0.4) is 0 Å². The van der Waals surface area contributed by atoms with Gasteiger partial charge in [-0.2, -0.15) is 0 Å². The zero-order chi connectivity index (χ0) is 18.2. The lowest BCUT2D eigenvalue weighted by Crippen LogP contribution is -2.27. The van der Waals surface area contributed by atoms with Crippen molar-refractivity contribution in [3.05, 3.63) is 69.8 Å². The first-order chi connectivity index (χ1) is 12.1. The molecule has 0 radical (unpaired) electrons. The molecule has 0 bridgehead atoms. The molecule has 0 fully saturated rings. The Hall–Kier alpha value is -2.56. The number of nitro groups is 1. The van der Waals surface area contributed by atoms with Gasteiger partial charge in [0.25, 0.3) is 0 Å². The van der Waals surface area contributed by atoms with Crippen molar-refractivity contribution in [3.63, 3.8) is 0 Å². The van der Waals surface area contributed by atoms with Crippen molar-refractivity contribution in [1.29, 1.82) is 0 Å². The third-order valence-corrected chi connectivity index (χ3v) is 4.17. The number of hydrogen-bond donors (Lipinski definition) is 0. The van der Waals surface area contributed by atoms with Gasteiger partial charge in [0.1, 0.15) is 11.5 Å². The summed E-state index contributed by atoms with van der Waals surface area (Å²) in [6, 6.07) is 14.4. The molecule has 0 saturated heterocycles. The molecule has 0 amide bonds. The summed E-state index contributed by atoms with van der Waals surface area (Å²) in [6.45, 7) is 6.89. The highest BCUT2D eigenvalue weighted by Crippen LogP contribution is 2.33. The van der Waals surface area contributed by atoms with Crippen LogP contribution in [0.1, 0.15) is 44.2 Å². The van der Waals surface area contributed by atoms with E-state index in [1.54, 1.807) is 0 Å². The fourth-order valence-corrected chi connectivity index (χ4v) is 3.02. The highest BCUT2D eigenvalue weighted by molar-refractivity contribution is 5.39. The van der Waals surface area contributed by atoms with Crippen LogP contribution < -0.4 is 9.47 Å². The average molecular weight is 343 g/mol. The predicted octanol–water partition coefficient (Wildman–Crippen LogP) is 4.67. The molecule has 1 atom stereocenters. The Balaban J connectivity index is 2.40. The molecule has 25 heavy (non-hydrogen) atoms. The summed E-state index contributed by atoms with van der Waals surface area (Å²) < 4.78 is 10.9. The molecule has 0 aliphatic rings. The van der Waals surface area contributed by atoms with Crippen LogP contribution in [0.15, 0.2) is 48.5 Å². The van der Waals surface area contributed by atoms with Gasteiger partial charge in [0.2, 0.25) is 6.04 Å². The lowest BCUT2D eigenvalue weighted by Gasteiger charge is -2.21. The minimum atomic E-state index is -0.684. The third kappa shape index (κ3) is 4.72. The second kappa shape index (κ2) is 9.06. The smallest absolute Gasteiger partial charge is 0.223 e. The molecule has 134 valence electrons. The van der Waals surface area contributed by atoms with Crippen LogP contribution >= 0.6 is 0 Å². The summed E-state index contributed by atoms with van der Waals surface area (Å²) >= 11 is 0. The molecular weight excluding hydrogens is 318 g/mol. The van der Waals surface area contributed by atoms with Crippen LogP contribution in [0, 0.1) is 10.1 Å². The summed E-state index contributed by atoms with van der Waals surface area (Å²) in [5, 5.41) is 11.6. The van der Waals surface area contributed by atoms with Gasteiger partial charge < -0.3 is 9.47 Å². The van der Waals surface area contributed by atoms with E-state index in [0.717, 1.165) is 22.6 Å². The summed E-state index contributed by atoms with van der Waals surface area (Å²) in [6.07, 6.45) is 0.456. The molecule has 0 aromatic heterocycles. The molecule has 0 N–H and O–H groups in total. The normalized spacial score (nSPS) is 12.0. The van der Waals surface area contributed by atoms with Gasteiger partial charge in [0.15, 0.2) is 0 Å².